The second-order valence-electron chi connectivity index (χ2n) is 6.88. The third-order valence-electron chi connectivity index (χ3n) is 5.13. The van der Waals surface area contributed by atoms with Gasteiger partial charge in [0.2, 0.25) is 5.91 Å². The van der Waals surface area contributed by atoms with Gasteiger partial charge >= 0.3 is 5.97 Å². The van der Waals surface area contributed by atoms with Crippen LogP contribution in [0.3, 0.4) is 0 Å². The van der Waals surface area contributed by atoms with Crippen LogP contribution < -0.4 is 5.32 Å². The first-order chi connectivity index (χ1) is 12.9. The smallest absolute Gasteiger partial charge is 0.331 e. The molecule has 0 saturated heterocycles. The lowest BCUT2D eigenvalue weighted by atomic mass is 9.97. The number of nitrogens with zero attached hydrogens (tertiary/aromatic N) is 1. The highest BCUT2D eigenvalue weighted by Gasteiger charge is 2.43. The van der Waals surface area contributed by atoms with Gasteiger partial charge in [-0.1, -0.05) is 28.8 Å². The van der Waals surface area contributed by atoms with Gasteiger partial charge in [0.15, 0.2) is 0 Å². The minimum atomic E-state index is -0.937. The first-order valence-electron chi connectivity index (χ1n) is 8.93. The summed E-state index contributed by atoms with van der Waals surface area (Å²) < 4.78 is 5.57. The molecule has 0 spiro atoms. The average molecular weight is 437 g/mol. The maximum atomic E-state index is 12.4. The highest BCUT2D eigenvalue weighted by molar-refractivity contribution is 9.10. The number of rotatable bonds is 6. The van der Waals surface area contributed by atoms with Crippen molar-refractivity contribution in [2.45, 2.75) is 44.1 Å². The Morgan fingerprint density at radius 2 is 1.85 bits per heavy atom. The summed E-state index contributed by atoms with van der Waals surface area (Å²) in [5, 5.41) is 2.81. The van der Waals surface area contributed by atoms with E-state index in [1.807, 2.05) is 0 Å². The van der Waals surface area contributed by atoms with Crippen LogP contribution in [-0.4, -0.2) is 47.8 Å². The van der Waals surface area contributed by atoms with Crippen molar-refractivity contribution in [1.82, 2.24) is 10.2 Å². The van der Waals surface area contributed by atoms with E-state index >= 15 is 0 Å². The van der Waals surface area contributed by atoms with Crippen molar-refractivity contribution in [3.8, 4) is 0 Å². The summed E-state index contributed by atoms with van der Waals surface area (Å²) in [6.45, 7) is 0.155. The van der Waals surface area contributed by atoms with Crippen molar-refractivity contribution >= 4 is 39.6 Å². The van der Waals surface area contributed by atoms with Crippen LogP contribution in [0.5, 0.6) is 0 Å². The lowest BCUT2D eigenvalue weighted by Crippen LogP contribution is -2.53. The van der Waals surface area contributed by atoms with Gasteiger partial charge in [0, 0.05) is 17.4 Å². The van der Waals surface area contributed by atoms with Crippen LogP contribution in [0.1, 0.15) is 59.2 Å². The van der Waals surface area contributed by atoms with E-state index in [2.05, 4.69) is 21.2 Å². The van der Waals surface area contributed by atoms with Crippen molar-refractivity contribution in [1.29, 1.82) is 0 Å². The van der Waals surface area contributed by atoms with E-state index in [1.165, 1.54) is 7.11 Å². The SMILES string of the molecule is COC(=O)C1(NC(=O)CCCN2C(=O)c3ccc(Br)cc3C2=O)CCCC1. The average Bonchev–Trinajstić information content (AvgIpc) is 3.20. The first-order valence-corrected chi connectivity index (χ1v) is 9.72. The Labute approximate surface area is 165 Å². The van der Waals surface area contributed by atoms with Crippen LogP contribution in [-0.2, 0) is 14.3 Å². The lowest BCUT2D eigenvalue weighted by Gasteiger charge is -2.27. The predicted octanol–water partition coefficient (Wildman–Crippen LogP) is 2.43. The van der Waals surface area contributed by atoms with E-state index in [0.717, 1.165) is 22.2 Å². The molecule has 1 aliphatic carbocycles. The van der Waals surface area contributed by atoms with Crippen molar-refractivity contribution in [2.24, 2.45) is 0 Å². The molecule has 1 aliphatic heterocycles. The van der Waals surface area contributed by atoms with Crippen LogP contribution in [0.4, 0.5) is 0 Å². The standard InChI is InChI=1S/C19H21BrN2O5/c1-27-18(26)19(8-2-3-9-19)21-15(23)5-4-10-22-16(24)13-7-6-12(20)11-14(13)17(22)25/h6-7,11H,2-5,8-10H2,1H3,(H,21,23). The van der Waals surface area contributed by atoms with Gasteiger partial charge in [-0.2, -0.15) is 0 Å². The lowest BCUT2D eigenvalue weighted by molar-refractivity contribution is -0.150. The molecule has 2 aliphatic rings. The Hall–Kier alpha value is -2.22. The summed E-state index contributed by atoms with van der Waals surface area (Å²) in [7, 11) is 1.31. The van der Waals surface area contributed by atoms with Crippen molar-refractivity contribution in [3.05, 3.63) is 33.8 Å². The van der Waals surface area contributed by atoms with Crippen molar-refractivity contribution < 1.29 is 23.9 Å². The Balaban J connectivity index is 1.56. The van der Waals surface area contributed by atoms with E-state index in [9.17, 15) is 19.2 Å². The van der Waals surface area contributed by atoms with E-state index < -0.39 is 11.5 Å². The number of carbonyl (C=O) groups is 4. The number of fused-ring (bicyclic) bond motifs is 1. The second kappa shape index (κ2) is 7.80. The Kier molecular flexibility index (Phi) is 5.64. The fourth-order valence-electron chi connectivity index (χ4n) is 3.75. The van der Waals surface area contributed by atoms with E-state index in [1.54, 1.807) is 18.2 Å². The molecule has 0 atom stereocenters. The number of imide groups is 1. The number of halogens is 1. The summed E-state index contributed by atoms with van der Waals surface area (Å²) >= 11 is 3.30. The molecule has 1 heterocycles. The highest BCUT2D eigenvalue weighted by Crippen LogP contribution is 2.31. The molecule has 1 fully saturated rings. The maximum absolute atomic E-state index is 12.4. The molecular weight excluding hydrogens is 416 g/mol. The number of hydrogen-bond donors (Lipinski definition) is 1. The minimum absolute atomic E-state index is 0.121. The number of hydrogen-bond acceptors (Lipinski definition) is 5. The topological polar surface area (TPSA) is 92.8 Å². The van der Waals surface area contributed by atoms with Crippen molar-refractivity contribution in [2.75, 3.05) is 13.7 Å². The van der Waals surface area contributed by atoms with Crippen LogP contribution in [0.25, 0.3) is 0 Å². The van der Waals surface area contributed by atoms with E-state index in [4.69, 9.17) is 4.74 Å². The third-order valence-corrected chi connectivity index (χ3v) is 5.62. The highest BCUT2D eigenvalue weighted by atomic mass is 79.9. The zero-order chi connectivity index (χ0) is 19.6. The first kappa shape index (κ1) is 19.5. The monoisotopic (exact) mass is 436 g/mol. The van der Waals surface area contributed by atoms with Crippen LogP contribution in [0.15, 0.2) is 22.7 Å². The van der Waals surface area contributed by atoms with Gasteiger partial charge in [0.25, 0.3) is 11.8 Å². The molecule has 1 N–H and O–H groups in total. The molecule has 0 bridgehead atoms. The Morgan fingerprint density at radius 1 is 1.19 bits per heavy atom. The van der Waals surface area contributed by atoms with Gasteiger partial charge in [-0.25, -0.2) is 4.79 Å². The second-order valence-corrected chi connectivity index (χ2v) is 7.80. The van der Waals surface area contributed by atoms with Gasteiger partial charge in [-0.15, -0.1) is 0 Å². The van der Waals surface area contributed by atoms with Gasteiger partial charge in [0.1, 0.15) is 5.54 Å². The number of benzene rings is 1. The molecule has 1 aromatic rings. The molecule has 0 aromatic heterocycles. The Morgan fingerprint density at radius 3 is 2.52 bits per heavy atom. The molecule has 27 heavy (non-hydrogen) atoms. The number of nitrogens with one attached hydrogen (secondary N) is 1. The summed E-state index contributed by atoms with van der Waals surface area (Å²) in [5.74, 6) is -1.39. The summed E-state index contributed by atoms with van der Waals surface area (Å²) in [6.07, 6.45) is 3.31. The molecule has 3 amide bonds. The molecular formula is C19H21BrN2O5. The fourth-order valence-corrected chi connectivity index (χ4v) is 4.11. The largest absolute Gasteiger partial charge is 0.467 e. The number of methoxy groups -OCH3 is 1. The normalized spacial score (nSPS) is 17.8. The predicted molar refractivity (Wildman–Crippen MR) is 100 cm³/mol. The molecule has 0 unspecified atom stereocenters. The summed E-state index contributed by atoms with van der Waals surface area (Å²) in [6, 6.07) is 4.96. The molecule has 1 aromatic carbocycles. The van der Waals surface area contributed by atoms with Gasteiger partial charge in [-0.05, 0) is 37.5 Å². The van der Waals surface area contributed by atoms with E-state index in [-0.39, 0.29) is 30.7 Å². The van der Waals surface area contributed by atoms with Crippen LogP contribution in [0.2, 0.25) is 0 Å². The third kappa shape index (κ3) is 3.76. The zero-order valence-corrected chi connectivity index (χ0v) is 16.6. The van der Waals surface area contributed by atoms with Crippen molar-refractivity contribution in [3.63, 3.8) is 0 Å². The van der Waals surface area contributed by atoms with Gasteiger partial charge < -0.3 is 10.1 Å². The molecule has 7 nitrogen and oxygen atoms in total. The number of esters is 1. The van der Waals surface area contributed by atoms with E-state index in [0.29, 0.717) is 30.4 Å². The number of ether oxygens (including phenoxy) is 1. The van der Waals surface area contributed by atoms with Crippen LogP contribution in [0, 0.1) is 0 Å². The maximum Gasteiger partial charge on any atom is 0.331 e. The summed E-state index contributed by atoms with van der Waals surface area (Å²) in [5.41, 5.74) is -0.189. The molecule has 1 saturated carbocycles. The molecule has 8 heteroatoms. The fraction of sp³-hybridized carbons (Fsp3) is 0.474. The van der Waals surface area contributed by atoms with Gasteiger partial charge in [-0.3, -0.25) is 19.3 Å². The molecule has 3 rings (SSSR count). The zero-order valence-electron chi connectivity index (χ0n) is 15.0. The molecule has 144 valence electrons. The number of amides is 3. The van der Waals surface area contributed by atoms with Crippen LogP contribution >= 0.6 is 15.9 Å². The summed E-state index contributed by atoms with van der Waals surface area (Å²) in [4.78, 5) is 50.3. The quantitative estimate of drug-likeness (QED) is 0.545. The molecule has 0 radical (unpaired) electrons. The Bertz CT molecular complexity index is 801. The minimum Gasteiger partial charge on any atom is -0.467 e. The van der Waals surface area contributed by atoms with Gasteiger partial charge in [0.05, 0.1) is 18.2 Å². The number of carbonyl (C=O) groups excluding carboxylic acids is 4.